The van der Waals surface area contributed by atoms with Crippen LogP contribution < -0.4 is 0 Å². The van der Waals surface area contributed by atoms with E-state index >= 15 is 0 Å². The number of carbonyl (C=O) groups excluding carboxylic acids is 1. The van der Waals surface area contributed by atoms with Crippen LogP contribution >= 0.6 is 0 Å². The molecule has 0 radical (unpaired) electrons. The maximum atomic E-state index is 9.83. The number of aldehydes is 1. The highest BCUT2D eigenvalue weighted by atomic mass is 16.1. The molecule has 52 valence electrons. The molecule has 1 atom stereocenters. The molecule has 0 fully saturated rings. The smallest absolute Gasteiger partial charge is 0.142 e. The number of allylic oxidation sites excluding steroid dienone is 2. The van der Waals surface area contributed by atoms with Gasteiger partial charge in [0, 0.05) is 0 Å². The molecule has 0 heterocycles. The monoisotopic (exact) mass is 126 g/mol. The van der Waals surface area contributed by atoms with Crippen LogP contribution in [-0.2, 0) is 4.79 Å². The molecule has 0 aromatic heterocycles. The molecule has 1 heteroatoms. The Labute approximate surface area is 56.8 Å². The molecule has 0 aliphatic carbocycles. The molecule has 0 bridgehead atoms. The van der Waals surface area contributed by atoms with Crippen molar-refractivity contribution in [1.82, 2.24) is 0 Å². The molecule has 0 rings (SSSR count). The molecular formula is C8H14O. The first-order chi connectivity index (χ1) is 4.31. The number of rotatable bonds is 4. The van der Waals surface area contributed by atoms with E-state index in [1.54, 1.807) is 6.08 Å². The van der Waals surface area contributed by atoms with E-state index in [1.165, 1.54) is 12.8 Å². The highest BCUT2D eigenvalue weighted by Gasteiger charge is 1.91. The van der Waals surface area contributed by atoms with Gasteiger partial charge in [-0.3, -0.25) is 4.79 Å². The summed E-state index contributed by atoms with van der Waals surface area (Å²) in [6.45, 7) is 4.26. The molecule has 0 saturated carbocycles. The Bertz CT molecular complexity index is 94.7. The predicted molar refractivity (Wildman–Crippen MR) is 39.3 cm³/mol. The summed E-state index contributed by atoms with van der Waals surface area (Å²) in [6, 6.07) is 0. The average Bonchev–Trinajstić information content (AvgIpc) is 1.85. The van der Waals surface area contributed by atoms with Crippen molar-refractivity contribution in [3.8, 4) is 0 Å². The van der Waals surface area contributed by atoms with Crippen molar-refractivity contribution in [2.24, 2.45) is 5.92 Å². The molecule has 0 aromatic carbocycles. The third-order valence-corrected chi connectivity index (χ3v) is 1.26. The lowest BCUT2D eigenvalue weighted by Gasteiger charge is -1.99. The van der Waals surface area contributed by atoms with Gasteiger partial charge in [0.2, 0.25) is 0 Å². The molecule has 0 aliphatic rings. The van der Waals surface area contributed by atoms with Crippen molar-refractivity contribution in [3.63, 3.8) is 0 Å². The highest BCUT2D eigenvalue weighted by Crippen LogP contribution is 2.04. The van der Waals surface area contributed by atoms with Gasteiger partial charge in [-0.1, -0.05) is 26.3 Å². The Morgan fingerprint density at radius 3 is 2.67 bits per heavy atom. The molecule has 0 saturated heterocycles. The lowest BCUT2D eigenvalue weighted by atomic mass is 10.1. The molecule has 0 N–H and O–H groups in total. The second-order valence-electron chi connectivity index (χ2n) is 2.29. The van der Waals surface area contributed by atoms with E-state index in [9.17, 15) is 4.79 Å². The maximum absolute atomic E-state index is 9.83. The summed E-state index contributed by atoms with van der Waals surface area (Å²) in [4.78, 5) is 9.83. The van der Waals surface area contributed by atoms with Crippen molar-refractivity contribution in [2.75, 3.05) is 0 Å². The van der Waals surface area contributed by atoms with Gasteiger partial charge in [0.25, 0.3) is 0 Å². The van der Waals surface area contributed by atoms with E-state index in [2.05, 4.69) is 13.8 Å². The second-order valence-corrected chi connectivity index (χ2v) is 2.29. The number of carbonyl (C=O) groups is 1. The Morgan fingerprint density at radius 1 is 1.56 bits per heavy atom. The van der Waals surface area contributed by atoms with Crippen molar-refractivity contribution in [3.05, 3.63) is 12.2 Å². The summed E-state index contributed by atoms with van der Waals surface area (Å²) in [6.07, 6.45) is 6.69. The summed E-state index contributed by atoms with van der Waals surface area (Å²) in [5.41, 5.74) is 0. The molecule has 0 aromatic rings. The first-order valence-electron chi connectivity index (χ1n) is 3.43. The largest absolute Gasteiger partial charge is 0.299 e. The van der Waals surface area contributed by atoms with Crippen LogP contribution in [0.2, 0.25) is 0 Å². The fourth-order valence-electron chi connectivity index (χ4n) is 0.787. The van der Waals surface area contributed by atoms with Crippen LogP contribution in [0.5, 0.6) is 0 Å². The van der Waals surface area contributed by atoms with Gasteiger partial charge in [0.05, 0.1) is 0 Å². The average molecular weight is 126 g/mol. The third-order valence-electron chi connectivity index (χ3n) is 1.26. The van der Waals surface area contributed by atoms with E-state index < -0.39 is 0 Å². The van der Waals surface area contributed by atoms with Gasteiger partial charge >= 0.3 is 0 Å². The number of hydrogen-bond acceptors (Lipinski definition) is 1. The Balaban J connectivity index is 3.35. The van der Waals surface area contributed by atoms with Crippen molar-refractivity contribution in [1.29, 1.82) is 0 Å². The van der Waals surface area contributed by atoms with Crippen molar-refractivity contribution in [2.45, 2.75) is 26.7 Å². The zero-order chi connectivity index (χ0) is 7.11. The van der Waals surface area contributed by atoms with Crippen LogP contribution in [0.1, 0.15) is 26.7 Å². The van der Waals surface area contributed by atoms with Crippen LogP contribution in [-0.4, -0.2) is 6.29 Å². The summed E-state index contributed by atoms with van der Waals surface area (Å²) in [7, 11) is 0. The minimum Gasteiger partial charge on any atom is -0.299 e. The standard InChI is InChI=1S/C8H14O/c1-3-5-8(2)6-4-7-9/h4,6-8H,3,5H2,1-2H3/b6-4+/t8-/m0/s1. The maximum Gasteiger partial charge on any atom is 0.142 e. The second kappa shape index (κ2) is 5.54. The van der Waals surface area contributed by atoms with Gasteiger partial charge in [0.1, 0.15) is 6.29 Å². The molecule has 9 heavy (non-hydrogen) atoms. The molecular weight excluding hydrogens is 112 g/mol. The highest BCUT2D eigenvalue weighted by molar-refractivity contribution is 5.64. The predicted octanol–water partition coefficient (Wildman–Crippen LogP) is 2.18. The topological polar surface area (TPSA) is 17.1 Å². The van der Waals surface area contributed by atoms with E-state index in [4.69, 9.17) is 0 Å². The SMILES string of the molecule is CCC[C@H](C)/C=C/C=O. The van der Waals surface area contributed by atoms with Crippen LogP contribution in [0.15, 0.2) is 12.2 Å². The minimum atomic E-state index is 0.556. The van der Waals surface area contributed by atoms with Gasteiger partial charge in [-0.2, -0.15) is 0 Å². The molecule has 0 amide bonds. The van der Waals surface area contributed by atoms with Gasteiger partial charge in [0.15, 0.2) is 0 Å². The summed E-state index contributed by atoms with van der Waals surface area (Å²) < 4.78 is 0. The quantitative estimate of drug-likeness (QED) is 0.417. The Morgan fingerprint density at radius 2 is 2.22 bits per heavy atom. The minimum absolute atomic E-state index is 0.556. The normalized spacial score (nSPS) is 14.0. The molecule has 0 aliphatic heterocycles. The summed E-state index contributed by atoms with van der Waals surface area (Å²) in [5, 5.41) is 0. The van der Waals surface area contributed by atoms with E-state index in [-0.39, 0.29) is 0 Å². The van der Waals surface area contributed by atoms with E-state index in [0.717, 1.165) is 6.29 Å². The van der Waals surface area contributed by atoms with E-state index in [0.29, 0.717) is 5.92 Å². The molecule has 0 unspecified atom stereocenters. The Kier molecular flexibility index (Phi) is 5.18. The van der Waals surface area contributed by atoms with Gasteiger partial charge in [-0.15, -0.1) is 0 Å². The van der Waals surface area contributed by atoms with Crippen LogP contribution in [0.3, 0.4) is 0 Å². The fourth-order valence-corrected chi connectivity index (χ4v) is 0.787. The summed E-state index contributed by atoms with van der Waals surface area (Å²) in [5.74, 6) is 0.556. The summed E-state index contributed by atoms with van der Waals surface area (Å²) >= 11 is 0. The van der Waals surface area contributed by atoms with Crippen LogP contribution in [0, 0.1) is 5.92 Å². The lowest BCUT2D eigenvalue weighted by Crippen LogP contribution is -1.86. The fraction of sp³-hybridized carbons (Fsp3) is 0.625. The molecule has 1 nitrogen and oxygen atoms in total. The zero-order valence-corrected chi connectivity index (χ0v) is 6.13. The third kappa shape index (κ3) is 5.28. The van der Waals surface area contributed by atoms with Crippen LogP contribution in [0.4, 0.5) is 0 Å². The van der Waals surface area contributed by atoms with Crippen LogP contribution in [0.25, 0.3) is 0 Å². The van der Waals surface area contributed by atoms with Crippen molar-refractivity contribution >= 4 is 6.29 Å². The number of hydrogen-bond donors (Lipinski definition) is 0. The van der Waals surface area contributed by atoms with Gasteiger partial charge < -0.3 is 0 Å². The lowest BCUT2D eigenvalue weighted by molar-refractivity contribution is -0.104. The molecule has 0 spiro atoms. The van der Waals surface area contributed by atoms with Gasteiger partial charge in [-0.05, 0) is 18.4 Å². The zero-order valence-electron chi connectivity index (χ0n) is 6.13. The first-order valence-corrected chi connectivity index (χ1v) is 3.43. The van der Waals surface area contributed by atoms with E-state index in [1.807, 2.05) is 6.08 Å². The Hall–Kier alpha value is -0.590. The van der Waals surface area contributed by atoms with Gasteiger partial charge in [-0.25, -0.2) is 0 Å². The first kappa shape index (κ1) is 8.41. The van der Waals surface area contributed by atoms with Crippen molar-refractivity contribution < 1.29 is 4.79 Å².